The van der Waals surface area contributed by atoms with Gasteiger partial charge in [-0.05, 0) is 47.9 Å². The summed E-state index contributed by atoms with van der Waals surface area (Å²) in [6.07, 6.45) is -3.87. The molecule has 2 heterocycles. The van der Waals surface area contributed by atoms with Crippen LogP contribution in [-0.4, -0.2) is 42.4 Å². The van der Waals surface area contributed by atoms with Crippen molar-refractivity contribution in [2.45, 2.75) is 25.3 Å². The third-order valence-electron chi connectivity index (χ3n) is 5.52. The van der Waals surface area contributed by atoms with Crippen molar-refractivity contribution in [3.8, 4) is 6.07 Å². The van der Waals surface area contributed by atoms with Gasteiger partial charge in [-0.2, -0.15) is 18.2 Å². The summed E-state index contributed by atoms with van der Waals surface area (Å²) in [6.45, 7) is 2.90. The lowest BCUT2D eigenvalue weighted by atomic mass is 9.98. The number of halogens is 3. The average molecular weight is 417 g/mol. The average Bonchev–Trinajstić information content (AvgIpc) is 2.72. The molecule has 1 unspecified atom stereocenters. The largest absolute Gasteiger partial charge is 0.416 e. The number of nitrogens with two attached hydrogens (primary N) is 2. The molecule has 0 aromatic heterocycles. The Morgan fingerprint density at radius 2 is 1.83 bits per heavy atom. The van der Waals surface area contributed by atoms with Gasteiger partial charge in [-0.25, -0.2) is 5.01 Å². The highest BCUT2D eigenvalue weighted by atomic mass is 19.4. The minimum Gasteiger partial charge on any atom is -0.361 e. The van der Waals surface area contributed by atoms with E-state index >= 15 is 0 Å². The zero-order valence-corrected chi connectivity index (χ0v) is 16.4. The number of nitrogens with zero attached hydrogens (tertiary/aromatic N) is 4. The Labute approximate surface area is 173 Å². The second-order valence-corrected chi connectivity index (χ2v) is 7.66. The van der Waals surface area contributed by atoms with Crippen LogP contribution in [-0.2, 0) is 19.1 Å². The minimum absolute atomic E-state index is 0.381. The van der Waals surface area contributed by atoms with Gasteiger partial charge in [-0.15, -0.1) is 0 Å². The Kier molecular flexibility index (Phi) is 5.66. The Bertz CT molecular complexity index is 981. The van der Waals surface area contributed by atoms with Crippen LogP contribution in [0, 0.1) is 6.07 Å². The summed E-state index contributed by atoms with van der Waals surface area (Å²) in [5, 5.41) is 3.37. The third kappa shape index (κ3) is 4.57. The zero-order valence-electron chi connectivity index (χ0n) is 16.4. The summed E-state index contributed by atoms with van der Waals surface area (Å²) in [5.41, 5.74) is 3.10. The first-order chi connectivity index (χ1) is 14.3. The standard InChI is InChI=1S/C21H24F3N6/c22-21(23,24)18-2-1-3-19(11-18)28-8-9-30(26)20(14-28)27-12-15-4-5-16-6-7-29(25)13-17(16)10-15/h1-5,10-11,20H,6-9,13-14,25-26H2/q+1. The van der Waals surface area contributed by atoms with E-state index in [9.17, 15) is 13.2 Å². The lowest BCUT2D eigenvalue weighted by Crippen LogP contribution is -2.54. The molecule has 0 saturated carbocycles. The maximum Gasteiger partial charge on any atom is 0.416 e. The Morgan fingerprint density at radius 3 is 2.63 bits per heavy atom. The molecule has 4 rings (SSSR count). The molecule has 1 fully saturated rings. The first-order valence-corrected chi connectivity index (χ1v) is 9.80. The van der Waals surface area contributed by atoms with Crippen molar-refractivity contribution in [1.82, 2.24) is 10.0 Å². The van der Waals surface area contributed by atoms with Crippen LogP contribution >= 0.6 is 0 Å². The highest BCUT2D eigenvalue weighted by molar-refractivity contribution is 5.50. The highest BCUT2D eigenvalue weighted by Gasteiger charge is 2.34. The van der Waals surface area contributed by atoms with Crippen LogP contribution in [0.15, 0.2) is 42.5 Å². The highest BCUT2D eigenvalue weighted by Crippen LogP contribution is 2.32. The van der Waals surface area contributed by atoms with E-state index in [0.717, 1.165) is 30.2 Å². The molecule has 2 aromatic carbocycles. The molecule has 4 N–H and O–H groups in total. The van der Waals surface area contributed by atoms with Gasteiger partial charge in [0.25, 0.3) is 0 Å². The van der Waals surface area contributed by atoms with Gasteiger partial charge < -0.3 is 4.90 Å². The number of benzene rings is 2. The van der Waals surface area contributed by atoms with Crippen molar-refractivity contribution in [3.63, 3.8) is 0 Å². The maximum absolute atomic E-state index is 13.0. The molecule has 2 aliphatic heterocycles. The van der Waals surface area contributed by atoms with Crippen LogP contribution in [0.1, 0.15) is 22.3 Å². The Morgan fingerprint density at radius 1 is 1.00 bits per heavy atom. The summed E-state index contributed by atoms with van der Waals surface area (Å²) in [7, 11) is 0. The molecule has 0 radical (unpaired) electrons. The number of anilines is 1. The summed E-state index contributed by atoms with van der Waals surface area (Å²) in [4.78, 5) is 6.36. The van der Waals surface area contributed by atoms with E-state index in [1.807, 2.05) is 17.0 Å². The quantitative estimate of drug-likeness (QED) is 0.699. The molecular weight excluding hydrogens is 393 g/mol. The number of hydrogen-bond acceptors (Lipinski definition) is 5. The summed E-state index contributed by atoms with van der Waals surface area (Å²) in [5.74, 6) is 12.0. The van der Waals surface area contributed by atoms with Crippen LogP contribution in [0.25, 0.3) is 4.85 Å². The zero-order chi connectivity index (χ0) is 21.3. The van der Waals surface area contributed by atoms with Crippen LogP contribution in [0.4, 0.5) is 18.9 Å². The predicted octanol–water partition coefficient (Wildman–Crippen LogP) is 2.64. The third-order valence-corrected chi connectivity index (χ3v) is 5.52. The van der Waals surface area contributed by atoms with E-state index in [2.05, 4.69) is 17.0 Å². The summed E-state index contributed by atoms with van der Waals surface area (Å²) in [6, 6.07) is 14.4. The fourth-order valence-electron chi connectivity index (χ4n) is 3.80. The number of rotatable bonds is 1. The molecule has 0 amide bonds. The predicted molar refractivity (Wildman–Crippen MR) is 109 cm³/mol. The topological polar surface area (TPSA) is 66.1 Å². The fraction of sp³-hybridized carbons (Fsp3) is 0.381. The van der Waals surface area contributed by atoms with Gasteiger partial charge in [-0.1, -0.05) is 17.0 Å². The molecule has 0 bridgehead atoms. The smallest absolute Gasteiger partial charge is 0.361 e. The molecule has 0 spiro atoms. The number of hydrazine groups is 2. The van der Waals surface area contributed by atoms with Crippen molar-refractivity contribution in [1.29, 1.82) is 0 Å². The fourth-order valence-corrected chi connectivity index (χ4v) is 3.80. The van der Waals surface area contributed by atoms with Gasteiger partial charge in [0.15, 0.2) is 0 Å². The minimum atomic E-state index is -4.37. The molecule has 2 aromatic rings. The maximum atomic E-state index is 13.0. The van der Waals surface area contributed by atoms with E-state index in [-0.39, 0.29) is 0 Å². The molecular formula is C21H24F3N6+. The molecule has 0 aliphatic carbocycles. The number of piperazine rings is 1. The SMILES string of the molecule is NN1CCc2ccc(C#[N+]C3CN(c4cccc(C(F)(F)F)c4)CCN3N)cc2C1. The van der Waals surface area contributed by atoms with Gasteiger partial charge in [0, 0.05) is 31.9 Å². The van der Waals surface area contributed by atoms with Crippen LogP contribution in [0.2, 0.25) is 0 Å². The van der Waals surface area contributed by atoms with Crippen LogP contribution < -0.4 is 16.6 Å². The molecule has 30 heavy (non-hydrogen) atoms. The molecule has 6 nitrogen and oxygen atoms in total. The molecule has 1 atom stereocenters. The molecule has 158 valence electrons. The van der Waals surface area contributed by atoms with Crippen molar-refractivity contribution in [3.05, 3.63) is 69.6 Å². The molecule has 1 saturated heterocycles. The lowest BCUT2D eigenvalue weighted by Gasteiger charge is -2.33. The van der Waals surface area contributed by atoms with Gasteiger partial charge >= 0.3 is 18.4 Å². The molecule has 9 heteroatoms. The van der Waals surface area contributed by atoms with Crippen LogP contribution in [0.5, 0.6) is 0 Å². The van der Waals surface area contributed by atoms with E-state index in [0.29, 0.717) is 31.9 Å². The normalized spacial score (nSPS) is 20.4. The van der Waals surface area contributed by atoms with Crippen molar-refractivity contribution < 1.29 is 13.2 Å². The van der Waals surface area contributed by atoms with Crippen LogP contribution in [0.3, 0.4) is 0 Å². The Balaban J connectivity index is 1.51. The van der Waals surface area contributed by atoms with Gasteiger partial charge in [-0.3, -0.25) is 11.7 Å². The van der Waals surface area contributed by atoms with E-state index in [4.69, 9.17) is 11.7 Å². The second-order valence-electron chi connectivity index (χ2n) is 7.66. The first kappa shape index (κ1) is 20.6. The van der Waals surface area contributed by atoms with E-state index in [1.54, 1.807) is 16.1 Å². The van der Waals surface area contributed by atoms with Gasteiger partial charge in [0.1, 0.15) is 12.1 Å². The first-order valence-electron chi connectivity index (χ1n) is 9.80. The van der Waals surface area contributed by atoms with Crippen molar-refractivity contribution >= 4 is 5.69 Å². The van der Waals surface area contributed by atoms with E-state index in [1.165, 1.54) is 17.7 Å². The van der Waals surface area contributed by atoms with E-state index < -0.39 is 17.9 Å². The van der Waals surface area contributed by atoms with Gasteiger partial charge in [0.2, 0.25) is 0 Å². The number of alkyl halides is 3. The van der Waals surface area contributed by atoms with Crippen molar-refractivity contribution in [2.75, 3.05) is 31.1 Å². The summed E-state index contributed by atoms with van der Waals surface area (Å²) >= 11 is 0. The summed E-state index contributed by atoms with van der Waals surface area (Å²) < 4.78 is 39.1. The van der Waals surface area contributed by atoms with Gasteiger partial charge in [0.05, 0.1) is 5.56 Å². The second kappa shape index (κ2) is 8.24. The number of fused-ring (bicyclic) bond motifs is 1. The Hall–Kier alpha value is -2.64. The molecule has 2 aliphatic rings. The number of hydrogen-bond donors (Lipinski definition) is 2. The van der Waals surface area contributed by atoms with Crippen molar-refractivity contribution in [2.24, 2.45) is 11.7 Å². The lowest BCUT2D eigenvalue weighted by molar-refractivity contribution is -0.137. The monoisotopic (exact) mass is 417 g/mol.